The molecule has 1 amide bonds. The number of benzene rings is 1. The van der Waals surface area contributed by atoms with Gasteiger partial charge in [0.2, 0.25) is 0 Å². The maximum atomic E-state index is 12.9. The third-order valence-corrected chi connectivity index (χ3v) is 6.22. The van der Waals surface area contributed by atoms with Gasteiger partial charge in [0, 0.05) is 18.4 Å². The molecule has 0 radical (unpaired) electrons. The number of hydrogen-bond acceptors (Lipinski definition) is 4. The van der Waals surface area contributed by atoms with Gasteiger partial charge in [-0.05, 0) is 59.9 Å². The van der Waals surface area contributed by atoms with E-state index in [2.05, 4.69) is 11.4 Å². The van der Waals surface area contributed by atoms with Crippen LogP contribution in [-0.2, 0) is 9.84 Å². The Morgan fingerprint density at radius 3 is 2.74 bits per heavy atom. The van der Waals surface area contributed by atoms with Gasteiger partial charge in [0.25, 0.3) is 5.91 Å². The van der Waals surface area contributed by atoms with E-state index in [0.29, 0.717) is 17.7 Å². The lowest BCUT2D eigenvalue weighted by molar-refractivity contribution is 0.0735. The summed E-state index contributed by atoms with van der Waals surface area (Å²) in [5.74, 6) is -0.0939. The van der Waals surface area contributed by atoms with Crippen molar-refractivity contribution in [3.63, 3.8) is 0 Å². The summed E-state index contributed by atoms with van der Waals surface area (Å²) in [6.07, 6.45) is 3.10. The highest BCUT2D eigenvalue weighted by atomic mass is 32.2. The minimum Gasteiger partial charge on any atom is -0.332 e. The molecule has 0 bridgehead atoms. The highest BCUT2D eigenvalue weighted by Gasteiger charge is 2.31. The molecule has 1 aliphatic rings. The molecule has 3 rings (SSSR count). The van der Waals surface area contributed by atoms with Gasteiger partial charge in [-0.1, -0.05) is 6.07 Å². The summed E-state index contributed by atoms with van der Waals surface area (Å²) in [4.78, 5) is 15.0. The smallest absolute Gasteiger partial charge is 0.254 e. The number of nitrogens with zero attached hydrogens (tertiary/aromatic N) is 1. The van der Waals surface area contributed by atoms with Crippen molar-refractivity contribution in [2.45, 2.75) is 30.7 Å². The first kappa shape index (κ1) is 16.2. The van der Waals surface area contributed by atoms with Crippen LogP contribution in [0.3, 0.4) is 0 Å². The van der Waals surface area contributed by atoms with E-state index in [9.17, 15) is 13.2 Å². The third-order valence-electron chi connectivity index (χ3n) is 4.28. The molecule has 6 heteroatoms. The highest BCUT2D eigenvalue weighted by Crippen LogP contribution is 2.34. The molecule has 122 valence electrons. The van der Waals surface area contributed by atoms with Crippen molar-refractivity contribution in [1.82, 2.24) is 4.90 Å². The predicted molar refractivity (Wildman–Crippen MR) is 91.6 cm³/mol. The molecule has 1 saturated heterocycles. The average Bonchev–Trinajstić information content (AvgIpc) is 3.16. The van der Waals surface area contributed by atoms with Crippen LogP contribution < -0.4 is 0 Å². The van der Waals surface area contributed by atoms with E-state index >= 15 is 0 Å². The average molecular weight is 349 g/mol. The summed E-state index contributed by atoms with van der Waals surface area (Å²) in [5.41, 5.74) is 2.27. The molecule has 1 aliphatic heterocycles. The Bertz CT molecular complexity index is 826. The predicted octanol–water partition coefficient (Wildman–Crippen LogP) is 3.44. The Kier molecular flexibility index (Phi) is 4.29. The number of carbonyl (C=O) groups excluding carboxylic acids is 1. The van der Waals surface area contributed by atoms with Crippen LogP contribution in [0.15, 0.2) is 39.9 Å². The molecule has 0 aliphatic carbocycles. The van der Waals surface area contributed by atoms with E-state index in [1.165, 1.54) is 12.3 Å². The Hall–Kier alpha value is -1.66. The minimum atomic E-state index is -3.34. The normalized spacial score (nSPS) is 18.3. The fourth-order valence-corrected chi connectivity index (χ4v) is 4.82. The molecule has 1 aromatic carbocycles. The summed E-state index contributed by atoms with van der Waals surface area (Å²) < 4.78 is 23.8. The fraction of sp³-hybridized carbons (Fsp3) is 0.353. The van der Waals surface area contributed by atoms with Crippen molar-refractivity contribution in [2.75, 3.05) is 12.8 Å². The molecule has 0 saturated carbocycles. The summed E-state index contributed by atoms with van der Waals surface area (Å²) in [5, 5.41) is 4.09. The van der Waals surface area contributed by atoms with Crippen molar-refractivity contribution in [2.24, 2.45) is 0 Å². The van der Waals surface area contributed by atoms with Gasteiger partial charge >= 0.3 is 0 Å². The van der Waals surface area contributed by atoms with Crippen LogP contribution in [0, 0.1) is 6.92 Å². The summed E-state index contributed by atoms with van der Waals surface area (Å²) in [6.45, 7) is 2.45. The number of hydrogen-bond donors (Lipinski definition) is 0. The zero-order valence-electron chi connectivity index (χ0n) is 13.2. The van der Waals surface area contributed by atoms with Crippen molar-refractivity contribution < 1.29 is 13.2 Å². The first-order valence-corrected chi connectivity index (χ1v) is 10.3. The van der Waals surface area contributed by atoms with E-state index in [1.807, 2.05) is 10.3 Å². The second-order valence-corrected chi connectivity index (χ2v) is 8.73. The molecule has 1 atom stereocenters. The van der Waals surface area contributed by atoms with Gasteiger partial charge in [-0.2, -0.15) is 11.3 Å². The van der Waals surface area contributed by atoms with Crippen molar-refractivity contribution >= 4 is 27.1 Å². The number of thiophene rings is 1. The van der Waals surface area contributed by atoms with Gasteiger partial charge in [0.05, 0.1) is 10.9 Å². The Labute approximate surface area is 140 Å². The molecule has 0 unspecified atom stereocenters. The zero-order chi connectivity index (χ0) is 16.6. The van der Waals surface area contributed by atoms with Gasteiger partial charge in [-0.15, -0.1) is 0 Å². The second-order valence-electron chi connectivity index (χ2n) is 5.97. The Morgan fingerprint density at radius 2 is 2.09 bits per heavy atom. The molecule has 0 spiro atoms. The Balaban J connectivity index is 1.94. The highest BCUT2D eigenvalue weighted by molar-refractivity contribution is 7.90. The van der Waals surface area contributed by atoms with Crippen LogP contribution in [0.2, 0.25) is 0 Å². The number of aryl methyl sites for hydroxylation is 1. The van der Waals surface area contributed by atoms with Gasteiger partial charge in [-0.25, -0.2) is 8.42 Å². The molecule has 2 heterocycles. The standard InChI is InChI=1S/C17H19NO3S2/c1-12-5-6-13(10-16(12)23(2,20)21)17(19)18-8-3-4-15(18)14-7-9-22-11-14/h5-7,9-11,15H,3-4,8H2,1-2H3/t15-/m0/s1. The summed E-state index contributed by atoms with van der Waals surface area (Å²) >= 11 is 1.63. The summed E-state index contributed by atoms with van der Waals surface area (Å²) in [6, 6.07) is 7.08. The maximum Gasteiger partial charge on any atom is 0.254 e. The van der Waals surface area contributed by atoms with Crippen LogP contribution in [0.1, 0.15) is 40.4 Å². The molecular weight excluding hydrogens is 330 g/mol. The number of carbonyl (C=O) groups is 1. The van der Waals surface area contributed by atoms with Crippen LogP contribution in [0.5, 0.6) is 0 Å². The number of likely N-dealkylation sites (tertiary alicyclic amines) is 1. The number of amides is 1. The molecule has 1 fully saturated rings. The van der Waals surface area contributed by atoms with Gasteiger partial charge in [0.15, 0.2) is 9.84 Å². The zero-order valence-corrected chi connectivity index (χ0v) is 14.8. The van der Waals surface area contributed by atoms with E-state index < -0.39 is 9.84 Å². The van der Waals surface area contributed by atoms with Gasteiger partial charge in [-0.3, -0.25) is 4.79 Å². The lowest BCUT2D eigenvalue weighted by Gasteiger charge is -2.24. The first-order valence-electron chi connectivity index (χ1n) is 7.51. The monoisotopic (exact) mass is 349 g/mol. The SMILES string of the molecule is Cc1ccc(C(=O)N2CCC[C@H]2c2ccsc2)cc1S(C)(=O)=O. The summed E-state index contributed by atoms with van der Waals surface area (Å²) in [7, 11) is -3.34. The van der Waals surface area contributed by atoms with E-state index in [4.69, 9.17) is 0 Å². The van der Waals surface area contributed by atoms with Crippen molar-refractivity contribution in [3.05, 3.63) is 51.7 Å². The van der Waals surface area contributed by atoms with E-state index in [-0.39, 0.29) is 16.8 Å². The molecule has 23 heavy (non-hydrogen) atoms. The van der Waals surface area contributed by atoms with Crippen LogP contribution >= 0.6 is 11.3 Å². The van der Waals surface area contributed by atoms with E-state index in [1.54, 1.807) is 30.4 Å². The molecule has 1 aromatic heterocycles. The molecule has 0 N–H and O–H groups in total. The second kappa shape index (κ2) is 6.09. The maximum absolute atomic E-state index is 12.9. The fourth-order valence-electron chi connectivity index (χ4n) is 3.12. The number of sulfone groups is 1. The lowest BCUT2D eigenvalue weighted by Crippen LogP contribution is -2.30. The first-order chi connectivity index (χ1) is 10.9. The van der Waals surface area contributed by atoms with Gasteiger partial charge in [0.1, 0.15) is 0 Å². The van der Waals surface area contributed by atoms with Crippen LogP contribution in [0.4, 0.5) is 0 Å². The topological polar surface area (TPSA) is 54.5 Å². The van der Waals surface area contributed by atoms with Gasteiger partial charge < -0.3 is 4.90 Å². The minimum absolute atomic E-state index is 0.0939. The van der Waals surface area contributed by atoms with Crippen molar-refractivity contribution in [3.8, 4) is 0 Å². The lowest BCUT2D eigenvalue weighted by atomic mass is 10.1. The largest absolute Gasteiger partial charge is 0.332 e. The van der Waals surface area contributed by atoms with E-state index in [0.717, 1.165) is 18.4 Å². The third kappa shape index (κ3) is 3.19. The quantitative estimate of drug-likeness (QED) is 0.853. The number of rotatable bonds is 3. The Morgan fingerprint density at radius 1 is 1.30 bits per heavy atom. The molecule has 2 aromatic rings. The van der Waals surface area contributed by atoms with Crippen LogP contribution in [0.25, 0.3) is 0 Å². The van der Waals surface area contributed by atoms with Crippen LogP contribution in [-0.4, -0.2) is 32.0 Å². The molecular formula is C17H19NO3S2. The van der Waals surface area contributed by atoms with Crippen molar-refractivity contribution in [1.29, 1.82) is 0 Å². The molecule has 4 nitrogen and oxygen atoms in total.